The number of nitrogens with one attached hydrogen (secondary N) is 1. The van der Waals surface area contributed by atoms with Gasteiger partial charge in [0.15, 0.2) is 5.76 Å². The first-order valence-electron chi connectivity index (χ1n) is 9.06. The maximum absolute atomic E-state index is 13.2. The summed E-state index contributed by atoms with van der Waals surface area (Å²) >= 11 is 0. The van der Waals surface area contributed by atoms with Gasteiger partial charge in [0, 0.05) is 17.5 Å². The van der Waals surface area contributed by atoms with Gasteiger partial charge in [-0.3, -0.25) is 14.9 Å². The topological polar surface area (TPSA) is 108 Å². The fraction of sp³-hybridized carbons (Fsp3) is 0.0909. The van der Waals surface area contributed by atoms with Crippen LogP contribution in [0.4, 0.5) is 11.4 Å². The summed E-state index contributed by atoms with van der Waals surface area (Å²) in [5, 5.41) is 14.5. The second-order valence-corrected chi connectivity index (χ2v) is 6.58. The first kappa shape index (κ1) is 19.1. The average molecular weight is 403 g/mol. The Morgan fingerprint density at radius 1 is 1.13 bits per heavy atom. The van der Waals surface area contributed by atoms with Crippen molar-refractivity contribution in [1.82, 2.24) is 4.98 Å². The number of hydrogen-bond donors (Lipinski definition) is 1. The van der Waals surface area contributed by atoms with Crippen molar-refractivity contribution in [3.63, 3.8) is 0 Å². The van der Waals surface area contributed by atoms with Gasteiger partial charge in [-0.25, -0.2) is 4.98 Å². The molecular weight excluding hydrogens is 386 g/mol. The number of fused-ring (bicyclic) bond motifs is 1. The Kier molecular flexibility index (Phi) is 4.89. The Hall–Kier alpha value is -4.20. The Morgan fingerprint density at radius 3 is 2.63 bits per heavy atom. The van der Waals surface area contributed by atoms with Gasteiger partial charge in [-0.05, 0) is 37.3 Å². The van der Waals surface area contributed by atoms with Gasteiger partial charge in [-0.15, -0.1) is 0 Å². The molecule has 0 saturated carbocycles. The van der Waals surface area contributed by atoms with E-state index >= 15 is 0 Å². The molecule has 2 heterocycles. The van der Waals surface area contributed by atoms with Gasteiger partial charge in [0.1, 0.15) is 17.2 Å². The van der Waals surface area contributed by atoms with E-state index in [2.05, 4.69) is 10.3 Å². The molecule has 8 nitrogen and oxygen atoms in total. The molecule has 1 N–H and O–H groups in total. The zero-order valence-corrected chi connectivity index (χ0v) is 16.2. The number of hydrogen-bond acceptors (Lipinski definition) is 6. The van der Waals surface area contributed by atoms with Crippen molar-refractivity contribution in [3.05, 3.63) is 82.1 Å². The van der Waals surface area contributed by atoms with Crippen LogP contribution in [0.15, 0.2) is 65.1 Å². The molecule has 0 fully saturated rings. The van der Waals surface area contributed by atoms with Crippen LogP contribution in [-0.4, -0.2) is 22.9 Å². The highest BCUT2D eigenvalue weighted by molar-refractivity contribution is 6.13. The number of ether oxygens (including phenoxy) is 1. The van der Waals surface area contributed by atoms with Crippen molar-refractivity contribution in [2.24, 2.45) is 0 Å². The molecule has 2 aromatic heterocycles. The molecule has 0 atom stereocenters. The second-order valence-electron chi connectivity index (χ2n) is 6.58. The zero-order valence-electron chi connectivity index (χ0n) is 16.2. The number of furan rings is 1. The molecule has 0 aliphatic rings. The van der Waals surface area contributed by atoms with Crippen LogP contribution >= 0.6 is 0 Å². The van der Waals surface area contributed by atoms with Gasteiger partial charge < -0.3 is 14.5 Å². The van der Waals surface area contributed by atoms with Crippen LogP contribution in [0.2, 0.25) is 0 Å². The molecule has 8 heteroatoms. The molecule has 4 rings (SSSR count). The molecule has 0 saturated heterocycles. The van der Waals surface area contributed by atoms with Crippen molar-refractivity contribution in [2.75, 3.05) is 12.4 Å². The molecule has 150 valence electrons. The average Bonchev–Trinajstić information content (AvgIpc) is 3.19. The quantitative estimate of drug-likeness (QED) is 0.372. The summed E-state index contributed by atoms with van der Waals surface area (Å²) in [4.78, 5) is 28.4. The molecule has 0 spiro atoms. The fourth-order valence-electron chi connectivity index (χ4n) is 3.16. The number of carbonyl (C=O) groups is 1. The first-order valence-corrected chi connectivity index (χ1v) is 9.06. The Labute approximate surface area is 171 Å². The predicted octanol–water partition coefficient (Wildman–Crippen LogP) is 4.97. The first-order chi connectivity index (χ1) is 14.5. The fourth-order valence-corrected chi connectivity index (χ4v) is 3.16. The Bertz CT molecular complexity index is 1280. The number of nitro benzene ring substituents is 1. The maximum Gasteiger partial charge on any atom is 0.271 e. The standard InChI is InChI=1S/C22H17N3O5/c1-13-7-9-21(30-13)19-12-16(15-5-3-4-6-17(15)23-19)22(26)24-18-11-14(25(27)28)8-10-20(18)29-2/h3-12H,1-2H3,(H,24,26). The van der Waals surface area contributed by atoms with Crippen molar-refractivity contribution in [1.29, 1.82) is 0 Å². The largest absolute Gasteiger partial charge is 0.495 e. The highest BCUT2D eigenvalue weighted by Crippen LogP contribution is 2.31. The molecule has 0 aliphatic heterocycles. The monoisotopic (exact) mass is 403 g/mol. The molecule has 0 radical (unpaired) electrons. The number of amides is 1. The SMILES string of the molecule is COc1ccc([N+](=O)[O-])cc1NC(=O)c1cc(-c2ccc(C)o2)nc2ccccc12. The number of aryl methyl sites for hydroxylation is 1. The second kappa shape index (κ2) is 7.67. The maximum atomic E-state index is 13.2. The van der Waals surface area contributed by atoms with E-state index in [1.165, 1.54) is 25.3 Å². The van der Waals surface area contributed by atoms with Crippen LogP contribution < -0.4 is 10.1 Å². The van der Waals surface area contributed by atoms with E-state index in [1.807, 2.05) is 25.1 Å². The normalized spacial score (nSPS) is 10.7. The molecule has 0 aliphatic carbocycles. The Balaban J connectivity index is 1.80. The number of nitro groups is 1. The summed E-state index contributed by atoms with van der Waals surface area (Å²) in [5.74, 6) is 1.14. The van der Waals surface area contributed by atoms with Gasteiger partial charge in [0.25, 0.3) is 11.6 Å². The number of para-hydroxylation sites is 1. The van der Waals surface area contributed by atoms with Crippen LogP contribution in [0.25, 0.3) is 22.4 Å². The summed E-state index contributed by atoms with van der Waals surface area (Å²) in [6.07, 6.45) is 0. The van der Waals surface area contributed by atoms with Gasteiger partial charge in [-0.1, -0.05) is 18.2 Å². The third kappa shape index (κ3) is 3.58. The van der Waals surface area contributed by atoms with Crippen LogP contribution in [0.1, 0.15) is 16.1 Å². The minimum Gasteiger partial charge on any atom is -0.495 e. The summed E-state index contributed by atoms with van der Waals surface area (Å²) in [7, 11) is 1.43. The lowest BCUT2D eigenvalue weighted by molar-refractivity contribution is -0.384. The number of anilines is 1. The summed E-state index contributed by atoms with van der Waals surface area (Å²) in [6.45, 7) is 1.83. The molecular formula is C22H17N3O5. The van der Waals surface area contributed by atoms with E-state index in [4.69, 9.17) is 9.15 Å². The number of methoxy groups -OCH3 is 1. The van der Waals surface area contributed by atoms with Crippen molar-refractivity contribution < 1.29 is 18.9 Å². The van der Waals surface area contributed by atoms with Gasteiger partial charge in [-0.2, -0.15) is 0 Å². The predicted molar refractivity (Wildman–Crippen MR) is 112 cm³/mol. The molecule has 0 unspecified atom stereocenters. The molecule has 0 bridgehead atoms. The molecule has 2 aromatic carbocycles. The number of nitrogens with zero attached hydrogens (tertiary/aromatic N) is 2. The third-order valence-corrected chi connectivity index (χ3v) is 4.60. The van der Waals surface area contributed by atoms with Crippen LogP contribution in [0.5, 0.6) is 5.75 Å². The number of aromatic nitrogens is 1. The highest BCUT2D eigenvalue weighted by atomic mass is 16.6. The number of pyridine rings is 1. The minimum atomic E-state index is -0.533. The lowest BCUT2D eigenvalue weighted by Gasteiger charge is -2.12. The van der Waals surface area contributed by atoms with E-state index in [-0.39, 0.29) is 11.4 Å². The van der Waals surface area contributed by atoms with E-state index < -0.39 is 10.8 Å². The van der Waals surface area contributed by atoms with Crippen LogP contribution in [0, 0.1) is 17.0 Å². The highest BCUT2D eigenvalue weighted by Gasteiger charge is 2.18. The smallest absolute Gasteiger partial charge is 0.271 e. The van der Waals surface area contributed by atoms with Crippen LogP contribution in [0.3, 0.4) is 0 Å². The van der Waals surface area contributed by atoms with E-state index in [1.54, 1.807) is 24.3 Å². The lowest BCUT2D eigenvalue weighted by atomic mass is 10.1. The molecule has 30 heavy (non-hydrogen) atoms. The van der Waals surface area contributed by atoms with E-state index in [9.17, 15) is 14.9 Å². The van der Waals surface area contributed by atoms with Crippen LogP contribution in [-0.2, 0) is 0 Å². The third-order valence-electron chi connectivity index (χ3n) is 4.60. The number of benzene rings is 2. The number of non-ortho nitro benzene ring substituents is 1. The summed E-state index contributed by atoms with van der Waals surface area (Å²) < 4.78 is 10.9. The van der Waals surface area contributed by atoms with Gasteiger partial charge >= 0.3 is 0 Å². The summed E-state index contributed by atoms with van der Waals surface area (Å²) in [5.41, 5.74) is 1.54. The zero-order chi connectivity index (χ0) is 21.3. The minimum absolute atomic E-state index is 0.155. The number of rotatable bonds is 5. The Morgan fingerprint density at radius 2 is 1.93 bits per heavy atom. The van der Waals surface area contributed by atoms with Gasteiger partial charge in [0.05, 0.1) is 28.8 Å². The van der Waals surface area contributed by atoms with Crippen molar-refractivity contribution in [3.8, 4) is 17.2 Å². The lowest BCUT2D eigenvalue weighted by Crippen LogP contribution is -2.14. The molecule has 1 amide bonds. The van der Waals surface area contributed by atoms with E-state index in [0.29, 0.717) is 33.7 Å². The van der Waals surface area contributed by atoms with E-state index in [0.717, 1.165) is 5.76 Å². The van der Waals surface area contributed by atoms with Gasteiger partial charge in [0.2, 0.25) is 0 Å². The molecule has 4 aromatic rings. The van der Waals surface area contributed by atoms with Crippen molar-refractivity contribution in [2.45, 2.75) is 6.92 Å². The van der Waals surface area contributed by atoms with Crippen molar-refractivity contribution >= 4 is 28.2 Å². The summed E-state index contributed by atoms with van der Waals surface area (Å²) in [6, 6.07) is 16.5. The number of carbonyl (C=O) groups excluding carboxylic acids is 1.